The molecule has 140 valence electrons. The highest BCUT2D eigenvalue weighted by Crippen LogP contribution is 2.16. The summed E-state index contributed by atoms with van der Waals surface area (Å²) in [6.07, 6.45) is 1.61. The maximum absolute atomic E-state index is 12.4. The summed E-state index contributed by atoms with van der Waals surface area (Å²) in [5, 5.41) is 10.8. The van der Waals surface area contributed by atoms with Gasteiger partial charge in [0.05, 0.1) is 11.9 Å². The topological polar surface area (TPSA) is 72.3 Å². The first kappa shape index (κ1) is 18.6. The Labute approximate surface area is 158 Å². The van der Waals surface area contributed by atoms with Crippen LogP contribution in [0.5, 0.6) is 5.75 Å². The predicted molar refractivity (Wildman–Crippen MR) is 105 cm³/mol. The third-order valence-corrected chi connectivity index (χ3v) is 3.94. The van der Waals surface area contributed by atoms with Crippen LogP contribution in [-0.4, -0.2) is 53.0 Å². The minimum Gasteiger partial charge on any atom is -0.492 e. The molecule has 0 aliphatic rings. The van der Waals surface area contributed by atoms with E-state index in [1.807, 2.05) is 57.4 Å². The molecule has 3 aromatic rings. The minimum absolute atomic E-state index is 0.252. The molecule has 0 radical (unpaired) electrons. The number of nitrogens with zero attached hydrogens (tertiary/aromatic N) is 4. The second-order valence-corrected chi connectivity index (χ2v) is 6.51. The summed E-state index contributed by atoms with van der Waals surface area (Å²) in [7, 11) is 3.99. The lowest BCUT2D eigenvalue weighted by atomic mass is 10.2. The van der Waals surface area contributed by atoms with Gasteiger partial charge in [-0.05, 0) is 57.4 Å². The van der Waals surface area contributed by atoms with Crippen LogP contribution < -0.4 is 10.1 Å². The maximum Gasteiger partial charge on any atom is 0.277 e. The number of likely N-dealkylation sites (N-methyl/N-ethyl adjacent to an activating group) is 1. The number of hydrogen-bond donors (Lipinski definition) is 1. The molecule has 1 amide bonds. The number of aryl methyl sites for hydroxylation is 1. The second kappa shape index (κ2) is 8.46. The lowest BCUT2D eigenvalue weighted by Gasteiger charge is -2.11. The van der Waals surface area contributed by atoms with Crippen LogP contribution >= 0.6 is 0 Å². The van der Waals surface area contributed by atoms with E-state index in [1.165, 1.54) is 0 Å². The Hall–Kier alpha value is -3.19. The number of anilines is 1. The zero-order chi connectivity index (χ0) is 19.2. The smallest absolute Gasteiger partial charge is 0.277 e. The molecule has 0 aliphatic heterocycles. The average molecular weight is 365 g/mol. The monoisotopic (exact) mass is 365 g/mol. The van der Waals surface area contributed by atoms with Crippen molar-refractivity contribution in [2.45, 2.75) is 6.92 Å². The molecule has 0 atom stereocenters. The molecule has 27 heavy (non-hydrogen) atoms. The lowest BCUT2D eigenvalue weighted by molar-refractivity contribution is 0.102. The van der Waals surface area contributed by atoms with Crippen molar-refractivity contribution in [1.29, 1.82) is 0 Å². The van der Waals surface area contributed by atoms with E-state index in [0.717, 1.165) is 23.5 Å². The van der Waals surface area contributed by atoms with Crippen molar-refractivity contribution in [3.8, 4) is 11.4 Å². The molecular formula is C20H23N5O2. The SMILES string of the molecule is Cc1ccc(-n2cc(C(=O)Nc3ccc(OCCN(C)C)cc3)nn2)cc1. The van der Waals surface area contributed by atoms with Gasteiger partial charge in [-0.1, -0.05) is 22.9 Å². The number of benzene rings is 2. The van der Waals surface area contributed by atoms with Gasteiger partial charge in [0, 0.05) is 12.2 Å². The van der Waals surface area contributed by atoms with E-state index in [0.29, 0.717) is 12.3 Å². The van der Waals surface area contributed by atoms with Crippen molar-refractivity contribution in [2.24, 2.45) is 0 Å². The van der Waals surface area contributed by atoms with E-state index in [4.69, 9.17) is 4.74 Å². The quantitative estimate of drug-likeness (QED) is 0.697. The van der Waals surface area contributed by atoms with Crippen LogP contribution in [0.25, 0.3) is 5.69 Å². The Kier molecular flexibility index (Phi) is 5.83. The highest BCUT2D eigenvalue weighted by Gasteiger charge is 2.12. The molecule has 1 N–H and O–H groups in total. The van der Waals surface area contributed by atoms with Crippen molar-refractivity contribution in [3.05, 3.63) is 66.0 Å². The number of carbonyl (C=O) groups excluding carboxylic acids is 1. The number of aromatic nitrogens is 3. The number of ether oxygens (including phenoxy) is 1. The fourth-order valence-corrected chi connectivity index (χ4v) is 2.37. The third-order valence-electron chi connectivity index (χ3n) is 3.94. The number of rotatable bonds is 7. The van der Waals surface area contributed by atoms with Crippen molar-refractivity contribution < 1.29 is 9.53 Å². The average Bonchev–Trinajstić information content (AvgIpc) is 3.14. The first-order valence-corrected chi connectivity index (χ1v) is 8.69. The van der Waals surface area contributed by atoms with E-state index in [-0.39, 0.29) is 11.6 Å². The molecule has 1 heterocycles. The van der Waals surface area contributed by atoms with Gasteiger partial charge in [0.25, 0.3) is 5.91 Å². The molecule has 0 saturated carbocycles. The molecule has 0 spiro atoms. The Morgan fingerprint density at radius 3 is 2.48 bits per heavy atom. The van der Waals surface area contributed by atoms with Gasteiger partial charge in [0.1, 0.15) is 12.4 Å². The van der Waals surface area contributed by atoms with E-state index in [9.17, 15) is 4.79 Å². The van der Waals surface area contributed by atoms with Crippen LogP contribution in [0.3, 0.4) is 0 Å². The van der Waals surface area contributed by atoms with Gasteiger partial charge in [0.2, 0.25) is 0 Å². The standard InChI is InChI=1S/C20H23N5O2/c1-15-4-8-17(9-5-15)25-14-19(22-23-25)20(26)21-16-6-10-18(11-7-16)27-13-12-24(2)3/h4-11,14H,12-13H2,1-3H3,(H,21,26). The number of hydrogen-bond acceptors (Lipinski definition) is 5. The van der Waals surface area contributed by atoms with Gasteiger partial charge < -0.3 is 15.0 Å². The van der Waals surface area contributed by atoms with Crippen molar-refractivity contribution in [1.82, 2.24) is 19.9 Å². The van der Waals surface area contributed by atoms with Gasteiger partial charge >= 0.3 is 0 Å². The van der Waals surface area contributed by atoms with Crippen molar-refractivity contribution in [2.75, 3.05) is 32.6 Å². The third kappa shape index (κ3) is 5.15. The van der Waals surface area contributed by atoms with E-state index in [1.54, 1.807) is 23.0 Å². The molecule has 0 bridgehead atoms. The van der Waals surface area contributed by atoms with Crippen LogP contribution in [-0.2, 0) is 0 Å². The van der Waals surface area contributed by atoms with E-state index < -0.39 is 0 Å². The molecule has 0 fully saturated rings. The van der Waals surface area contributed by atoms with Crippen LogP contribution in [0.4, 0.5) is 5.69 Å². The second-order valence-electron chi connectivity index (χ2n) is 6.51. The highest BCUT2D eigenvalue weighted by molar-refractivity contribution is 6.02. The minimum atomic E-state index is -0.311. The summed E-state index contributed by atoms with van der Waals surface area (Å²) in [4.78, 5) is 14.4. The van der Waals surface area contributed by atoms with Gasteiger partial charge in [0.15, 0.2) is 5.69 Å². The first-order chi connectivity index (χ1) is 13.0. The van der Waals surface area contributed by atoms with Crippen LogP contribution in [0, 0.1) is 6.92 Å². The summed E-state index contributed by atoms with van der Waals surface area (Å²) >= 11 is 0. The molecule has 7 heteroatoms. The van der Waals surface area contributed by atoms with Gasteiger partial charge in [-0.2, -0.15) is 0 Å². The zero-order valence-electron chi connectivity index (χ0n) is 15.7. The Morgan fingerprint density at radius 1 is 1.11 bits per heavy atom. The first-order valence-electron chi connectivity index (χ1n) is 8.69. The fourth-order valence-electron chi connectivity index (χ4n) is 2.37. The number of amides is 1. The summed E-state index contributed by atoms with van der Waals surface area (Å²) in [6, 6.07) is 15.1. The van der Waals surface area contributed by atoms with E-state index >= 15 is 0 Å². The largest absolute Gasteiger partial charge is 0.492 e. The molecule has 1 aromatic heterocycles. The molecule has 0 aliphatic carbocycles. The summed E-state index contributed by atoms with van der Waals surface area (Å²) in [6.45, 7) is 3.47. The molecule has 3 rings (SSSR count). The summed E-state index contributed by atoms with van der Waals surface area (Å²) in [5.41, 5.74) is 2.93. The summed E-state index contributed by atoms with van der Waals surface area (Å²) < 4.78 is 7.22. The van der Waals surface area contributed by atoms with Gasteiger partial charge in [-0.3, -0.25) is 4.79 Å². The molecule has 2 aromatic carbocycles. The zero-order valence-corrected chi connectivity index (χ0v) is 15.7. The van der Waals surface area contributed by atoms with Gasteiger partial charge in [-0.15, -0.1) is 5.10 Å². The lowest BCUT2D eigenvalue weighted by Crippen LogP contribution is -2.19. The molecule has 0 unspecified atom stereocenters. The van der Waals surface area contributed by atoms with Crippen LogP contribution in [0.1, 0.15) is 16.1 Å². The number of nitrogens with one attached hydrogen (secondary N) is 1. The Morgan fingerprint density at radius 2 is 1.81 bits per heavy atom. The van der Waals surface area contributed by atoms with Crippen LogP contribution in [0.2, 0.25) is 0 Å². The van der Waals surface area contributed by atoms with Crippen molar-refractivity contribution >= 4 is 11.6 Å². The maximum atomic E-state index is 12.4. The number of carbonyl (C=O) groups is 1. The van der Waals surface area contributed by atoms with Crippen molar-refractivity contribution in [3.63, 3.8) is 0 Å². The fraction of sp³-hybridized carbons (Fsp3) is 0.250. The van der Waals surface area contributed by atoms with E-state index in [2.05, 4.69) is 20.5 Å². The summed E-state index contributed by atoms with van der Waals surface area (Å²) in [5.74, 6) is 0.454. The Balaban J connectivity index is 1.59. The Bertz CT molecular complexity index is 885. The normalized spacial score (nSPS) is 10.8. The highest BCUT2D eigenvalue weighted by atomic mass is 16.5. The van der Waals surface area contributed by atoms with Crippen LogP contribution in [0.15, 0.2) is 54.7 Å². The molecule has 0 saturated heterocycles. The molecular weight excluding hydrogens is 342 g/mol. The van der Waals surface area contributed by atoms with Gasteiger partial charge in [-0.25, -0.2) is 4.68 Å². The predicted octanol–water partition coefficient (Wildman–Crippen LogP) is 2.77. The molecule has 7 nitrogen and oxygen atoms in total.